The molecule has 1 fully saturated rings. The summed E-state index contributed by atoms with van der Waals surface area (Å²) in [6.45, 7) is 0. The molecule has 0 aliphatic heterocycles. The quantitative estimate of drug-likeness (QED) is 0.635. The molecular formula is C20H23N3O2. The molecule has 3 rings (SSSR count). The first-order valence-electron chi connectivity index (χ1n) is 8.56. The molecule has 1 aliphatic rings. The van der Waals surface area contributed by atoms with Crippen molar-refractivity contribution >= 4 is 17.4 Å². The first-order valence-corrected chi connectivity index (χ1v) is 8.56. The van der Waals surface area contributed by atoms with E-state index in [0.29, 0.717) is 0 Å². The summed E-state index contributed by atoms with van der Waals surface area (Å²) in [5.74, 6) is 0. The van der Waals surface area contributed by atoms with Gasteiger partial charge in [-0.25, -0.2) is 4.79 Å². The fourth-order valence-corrected chi connectivity index (χ4v) is 3.18. The highest BCUT2D eigenvalue weighted by atomic mass is 16.4. The van der Waals surface area contributed by atoms with Crippen LogP contribution in [0, 0.1) is 0 Å². The van der Waals surface area contributed by atoms with E-state index in [9.17, 15) is 4.79 Å². The van der Waals surface area contributed by atoms with E-state index in [1.54, 1.807) is 4.90 Å². The molecule has 130 valence electrons. The lowest BCUT2D eigenvalue weighted by atomic mass is 9.93. The van der Waals surface area contributed by atoms with Gasteiger partial charge in [-0.3, -0.25) is 0 Å². The highest BCUT2D eigenvalue weighted by Gasteiger charge is 2.24. The van der Waals surface area contributed by atoms with Gasteiger partial charge in [0.1, 0.15) is 0 Å². The molecule has 1 aliphatic carbocycles. The van der Waals surface area contributed by atoms with Crippen molar-refractivity contribution in [3.63, 3.8) is 0 Å². The Kier molecular flexibility index (Phi) is 5.33. The zero-order valence-electron chi connectivity index (χ0n) is 14.4. The van der Waals surface area contributed by atoms with Gasteiger partial charge >= 0.3 is 6.03 Å². The Hall–Kier alpha value is -2.82. The maximum absolute atomic E-state index is 12.5. The van der Waals surface area contributed by atoms with Crippen LogP contribution in [-0.2, 0) is 0 Å². The smallest absolute Gasteiger partial charge is 0.321 e. The molecule has 0 aromatic heterocycles. The van der Waals surface area contributed by atoms with E-state index in [-0.39, 0.29) is 12.1 Å². The van der Waals surface area contributed by atoms with Crippen molar-refractivity contribution in [1.82, 2.24) is 4.90 Å². The fraction of sp³-hybridized carbons (Fsp3) is 0.300. The van der Waals surface area contributed by atoms with Gasteiger partial charge in [-0.1, -0.05) is 47.6 Å². The Labute approximate surface area is 148 Å². The third kappa shape index (κ3) is 4.18. The van der Waals surface area contributed by atoms with Crippen LogP contribution in [0.1, 0.15) is 25.7 Å². The molecule has 2 aromatic rings. The fourth-order valence-electron chi connectivity index (χ4n) is 3.18. The first kappa shape index (κ1) is 17.0. The molecule has 0 bridgehead atoms. The average Bonchev–Trinajstić information content (AvgIpc) is 2.68. The van der Waals surface area contributed by atoms with Crippen molar-refractivity contribution in [2.45, 2.75) is 31.7 Å². The van der Waals surface area contributed by atoms with Crippen molar-refractivity contribution in [3.05, 3.63) is 54.6 Å². The summed E-state index contributed by atoms with van der Waals surface area (Å²) in [5.41, 5.74) is 3.88. The maximum Gasteiger partial charge on any atom is 0.321 e. The molecule has 5 nitrogen and oxygen atoms in total. The number of carbonyl (C=O) groups is 1. The molecule has 2 N–H and O–H groups in total. The molecule has 0 atom stereocenters. The van der Waals surface area contributed by atoms with E-state index in [4.69, 9.17) is 5.21 Å². The van der Waals surface area contributed by atoms with Gasteiger partial charge in [0.2, 0.25) is 0 Å². The van der Waals surface area contributed by atoms with Crippen LogP contribution in [0.25, 0.3) is 11.1 Å². The van der Waals surface area contributed by atoms with Crippen LogP contribution in [0.4, 0.5) is 10.5 Å². The number of rotatable bonds is 3. The second-order valence-electron chi connectivity index (χ2n) is 6.38. The number of anilines is 1. The highest BCUT2D eigenvalue weighted by molar-refractivity contribution is 5.90. The van der Waals surface area contributed by atoms with Crippen molar-refractivity contribution in [3.8, 4) is 11.1 Å². The van der Waals surface area contributed by atoms with Gasteiger partial charge < -0.3 is 15.4 Å². The number of oxime groups is 1. The number of hydrogen-bond donors (Lipinski definition) is 2. The normalized spacial score (nSPS) is 17.0. The number of nitrogens with one attached hydrogen (secondary N) is 1. The monoisotopic (exact) mass is 337 g/mol. The van der Waals surface area contributed by atoms with Gasteiger partial charge in [-0.05, 0) is 48.9 Å². The number of urea groups is 1. The van der Waals surface area contributed by atoms with Crippen LogP contribution >= 0.6 is 0 Å². The Morgan fingerprint density at radius 3 is 2.24 bits per heavy atom. The summed E-state index contributed by atoms with van der Waals surface area (Å²) in [6.07, 6.45) is 3.14. The number of benzene rings is 2. The van der Waals surface area contributed by atoms with Crippen LogP contribution in [0.2, 0.25) is 0 Å². The predicted octanol–water partition coefficient (Wildman–Crippen LogP) is 4.59. The van der Waals surface area contributed by atoms with Crippen LogP contribution in [0.5, 0.6) is 0 Å². The van der Waals surface area contributed by atoms with E-state index < -0.39 is 0 Å². The lowest BCUT2D eigenvalue weighted by molar-refractivity contribution is 0.195. The molecule has 5 heteroatoms. The third-order valence-corrected chi connectivity index (χ3v) is 4.79. The SMILES string of the molecule is CN(C(=O)Nc1ccc(-c2ccccc2)cc1)C1CCC(=NO)CC1. The van der Waals surface area contributed by atoms with Crippen molar-refractivity contribution in [2.24, 2.45) is 5.16 Å². The minimum Gasteiger partial charge on any atom is -0.411 e. The number of carbonyl (C=O) groups excluding carboxylic acids is 1. The van der Waals surface area contributed by atoms with Crippen LogP contribution in [0.15, 0.2) is 59.8 Å². The van der Waals surface area contributed by atoms with E-state index in [2.05, 4.69) is 22.6 Å². The molecule has 0 radical (unpaired) electrons. The second kappa shape index (κ2) is 7.83. The molecule has 1 saturated carbocycles. The van der Waals surface area contributed by atoms with Gasteiger partial charge in [0.15, 0.2) is 0 Å². The largest absolute Gasteiger partial charge is 0.411 e. The molecule has 0 spiro atoms. The lowest BCUT2D eigenvalue weighted by Crippen LogP contribution is -2.41. The lowest BCUT2D eigenvalue weighted by Gasteiger charge is -2.31. The first-order chi connectivity index (χ1) is 12.2. The zero-order valence-corrected chi connectivity index (χ0v) is 14.4. The molecule has 2 amide bonds. The second-order valence-corrected chi connectivity index (χ2v) is 6.38. The van der Waals surface area contributed by atoms with Gasteiger partial charge in [0, 0.05) is 18.8 Å². The van der Waals surface area contributed by atoms with Gasteiger partial charge in [0.05, 0.1) is 5.71 Å². The average molecular weight is 337 g/mol. The maximum atomic E-state index is 12.5. The summed E-state index contributed by atoms with van der Waals surface area (Å²) < 4.78 is 0. The third-order valence-electron chi connectivity index (χ3n) is 4.79. The predicted molar refractivity (Wildman–Crippen MR) is 100 cm³/mol. The molecule has 2 aromatic carbocycles. The zero-order chi connectivity index (χ0) is 17.6. The van der Waals surface area contributed by atoms with E-state index >= 15 is 0 Å². The number of hydrogen-bond acceptors (Lipinski definition) is 3. The summed E-state index contributed by atoms with van der Waals surface area (Å²) in [6, 6.07) is 18.1. The van der Waals surface area contributed by atoms with Crippen LogP contribution in [-0.4, -0.2) is 34.9 Å². The van der Waals surface area contributed by atoms with Gasteiger partial charge in [-0.15, -0.1) is 0 Å². The minimum absolute atomic E-state index is 0.109. The Morgan fingerprint density at radius 1 is 1.04 bits per heavy atom. The van der Waals surface area contributed by atoms with E-state index in [1.165, 1.54) is 0 Å². The van der Waals surface area contributed by atoms with Crippen molar-refractivity contribution < 1.29 is 10.0 Å². The molecule has 0 saturated heterocycles. The topological polar surface area (TPSA) is 64.9 Å². The van der Waals surface area contributed by atoms with E-state index in [1.807, 2.05) is 49.5 Å². The van der Waals surface area contributed by atoms with Crippen molar-refractivity contribution in [2.75, 3.05) is 12.4 Å². The van der Waals surface area contributed by atoms with Gasteiger partial charge in [-0.2, -0.15) is 0 Å². The summed E-state index contributed by atoms with van der Waals surface area (Å²) in [4.78, 5) is 14.2. The Morgan fingerprint density at radius 2 is 1.64 bits per heavy atom. The molecular weight excluding hydrogens is 314 g/mol. The van der Waals surface area contributed by atoms with E-state index in [0.717, 1.165) is 48.2 Å². The number of nitrogens with zero attached hydrogens (tertiary/aromatic N) is 2. The minimum atomic E-state index is -0.109. The molecule has 0 heterocycles. The summed E-state index contributed by atoms with van der Waals surface area (Å²) in [5, 5.41) is 15.1. The summed E-state index contributed by atoms with van der Waals surface area (Å²) >= 11 is 0. The van der Waals surface area contributed by atoms with Crippen LogP contribution < -0.4 is 5.32 Å². The Bertz CT molecular complexity index is 731. The Balaban J connectivity index is 1.59. The molecule has 25 heavy (non-hydrogen) atoms. The van der Waals surface area contributed by atoms with Gasteiger partial charge in [0.25, 0.3) is 0 Å². The standard InChI is InChI=1S/C20H23N3O2/c1-23(19-13-11-18(22-25)12-14-19)20(24)21-17-9-7-16(8-10-17)15-5-3-2-4-6-15/h2-10,19,25H,11-14H2,1H3,(H,21,24). The summed E-state index contributed by atoms with van der Waals surface area (Å²) in [7, 11) is 1.82. The number of amides is 2. The highest BCUT2D eigenvalue weighted by Crippen LogP contribution is 2.23. The molecule has 0 unspecified atom stereocenters. The van der Waals surface area contributed by atoms with Crippen molar-refractivity contribution in [1.29, 1.82) is 0 Å². The van der Waals surface area contributed by atoms with Crippen LogP contribution in [0.3, 0.4) is 0 Å².